The summed E-state index contributed by atoms with van der Waals surface area (Å²) in [5, 5.41) is 2.55. The van der Waals surface area contributed by atoms with Gasteiger partial charge in [0.25, 0.3) is 0 Å². The van der Waals surface area contributed by atoms with E-state index in [0.717, 1.165) is 11.3 Å². The molecule has 1 N–H and O–H groups in total. The average Bonchev–Trinajstić information content (AvgIpc) is 2.51. The number of nitrogens with zero attached hydrogens (tertiary/aromatic N) is 1. The quantitative estimate of drug-likeness (QED) is 0.900. The minimum atomic E-state index is -0.593. The Bertz CT molecular complexity index is 770. The van der Waals surface area contributed by atoms with Crippen molar-refractivity contribution in [1.82, 2.24) is 10.3 Å². The number of methoxy groups -OCH3 is 1. The van der Waals surface area contributed by atoms with Crippen LogP contribution in [-0.2, 0) is 11.3 Å². The molecular weight excluding hydrogens is 323 g/mol. The zero-order chi connectivity index (χ0) is 18.6. The Morgan fingerprint density at radius 3 is 2.52 bits per heavy atom. The zero-order valence-electron chi connectivity index (χ0n) is 15.1. The summed E-state index contributed by atoms with van der Waals surface area (Å²) in [5.41, 5.74) is 2.10. The van der Waals surface area contributed by atoms with Crippen LogP contribution in [0.3, 0.4) is 0 Å². The van der Waals surface area contributed by atoms with Crippen LogP contribution in [0.25, 0.3) is 11.1 Å². The van der Waals surface area contributed by atoms with Crippen molar-refractivity contribution in [2.75, 3.05) is 7.11 Å². The fourth-order valence-corrected chi connectivity index (χ4v) is 2.26. The first-order chi connectivity index (χ1) is 11.7. The molecule has 1 heterocycles. The lowest BCUT2D eigenvalue weighted by Crippen LogP contribution is -2.32. The maximum absolute atomic E-state index is 14.4. The zero-order valence-corrected chi connectivity index (χ0v) is 15.1. The van der Waals surface area contributed by atoms with Gasteiger partial charge in [-0.1, -0.05) is 12.1 Å². The summed E-state index contributed by atoms with van der Waals surface area (Å²) in [6.07, 6.45) is -0.578. The molecule has 1 aromatic carbocycles. The van der Waals surface area contributed by atoms with Gasteiger partial charge in [0.2, 0.25) is 5.88 Å². The Morgan fingerprint density at radius 1 is 1.20 bits per heavy atom. The Morgan fingerprint density at radius 2 is 1.92 bits per heavy atom. The third-order valence-electron chi connectivity index (χ3n) is 3.35. The molecule has 2 rings (SSSR count). The Balaban J connectivity index is 2.13. The third kappa shape index (κ3) is 5.45. The lowest BCUT2D eigenvalue weighted by molar-refractivity contribution is 0.0523. The molecule has 1 aromatic heterocycles. The van der Waals surface area contributed by atoms with Gasteiger partial charge in [-0.2, -0.15) is 0 Å². The maximum atomic E-state index is 14.4. The van der Waals surface area contributed by atoms with E-state index in [-0.39, 0.29) is 6.54 Å². The molecule has 0 atom stereocenters. The van der Waals surface area contributed by atoms with Crippen LogP contribution in [0.15, 0.2) is 30.3 Å². The first-order valence-corrected chi connectivity index (χ1v) is 7.96. The van der Waals surface area contributed by atoms with Gasteiger partial charge in [0.05, 0.1) is 7.11 Å². The largest absolute Gasteiger partial charge is 0.481 e. The van der Waals surface area contributed by atoms with Crippen LogP contribution in [0, 0.1) is 12.7 Å². The number of amides is 1. The van der Waals surface area contributed by atoms with Gasteiger partial charge in [0, 0.05) is 23.9 Å². The summed E-state index contributed by atoms with van der Waals surface area (Å²) in [6, 6.07) is 8.48. The molecule has 0 aliphatic rings. The van der Waals surface area contributed by atoms with Crippen LogP contribution in [-0.4, -0.2) is 23.8 Å². The molecule has 0 saturated carbocycles. The normalized spacial score (nSPS) is 11.1. The van der Waals surface area contributed by atoms with E-state index in [2.05, 4.69) is 10.3 Å². The highest BCUT2D eigenvalue weighted by Gasteiger charge is 2.16. The predicted octanol–water partition coefficient (Wildman–Crippen LogP) is 4.23. The topological polar surface area (TPSA) is 60.5 Å². The number of benzene rings is 1. The number of hydrogen-bond donors (Lipinski definition) is 1. The number of alkyl carbamates (subject to hydrolysis) is 1. The van der Waals surface area contributed by atoms with Crippen molar-refractivity contribution < 1.29 is 18.7 Å². The van der Waals surface area contributed by atoms with Crippen molar-refractivity contribution in [3.05, 3.63) is 47.4 Å². The number of pyridine rings is 1. The smallest absolute Gasteiger partial charge is 0.407 e. The number of carbonyl (C=O) groups excluding carboxylic acids is 1. The summed E-state index contributed by atoms with van der Waals surface area (Å²) in [6.45, 7) is 7.22. The van der Waals surface area contributed by atoms with E-state index in [9.17, 15) is 9.18 Å². The fraction of sp³-hybridized carbons (Fsp3) is 0.368. The number of aryl methyl sites for hydroxylation is 1. The van der Waals surface area contributed by atoms with Crippen LogP contribution in [0.4, 0.5) is 9.18 Å². The maximum Gasteiger partial charge on any atom is 0.407 e. The molecule has 0 aliphatic carbocycles. The molecule has 0 aliphatic heterocycles. The summed E-state index contributed by atoms with van der Waals surface area (Å²) in [4.78, 5) is 15.9. The highest BCUT2D eigenvalue weighted by molar-refractivity contribution is 5.68. The lowest BCUT2D eigenvalue weighted by Gasteiger charge is -2.19. The summed E-state index contributed by atoms with van der Waals surface area (Å²) >= 11 is 0. The second kappa shape index (κ2) is 7.51. The number of halogens is 1. The van der Waals surface area contributed by atoms with Gasteiger partial charge in [-0.05, 0) is 51.0 Å². The van der Waals surface area contributed by atoms with E-state index >= 15 is 0 Å². The van der Waals surface area contributed by atoms with Gasteiger partial charge < -0.3 is 14.8 Å². The minimum absolute atomic E-state index is 0.0553. The number of rotatable bonds is 4. The molecule has 0 radical (unpaired) electrons. The van der Waals surface area contributed by atoms with Crippen LogP contribution < -0.4 is 10.1 Å². The average molecular weight is 346 g/mol. The van der Waals surface area contributed by atoms with Gasteiger partial charge in [0.1, 0.15) is 11.4 Å². The molecule has 1 amide bonds. The molecule has 0 saturated heterocycles. The molecule has 0 bridgehead atoms. The molecule has 2 aromatic rings. The number of aromatic nitrogens is 1. The van der Waals surface area contributed by atoms with E-state index < -0.39 is 17.5 Å². The molecule has 134 valence electrons. The Hall–Kier alpha value is -2.63. The standard InChI is InChI=1S/C19H23FN2O3/c1-12-8-15(10-17(22-12)24-5)13-6-7-14(16(20)9-13)11-21-18(23)25-19(2,3)4/h6-10H,11H2,1-5H3,(H,21,23). The SMILES string of the molecule is COc1cc(-c2ccc(CNC(=O)OC(C)(C)C)c(F)c2)cc(C)n1. The van der Waals surface area contributed by atoms with Crippen LogP contribution in [0.5, 0.6) is 5.88 Å². The van der Waals surface area contributed by atoms with Crippen molar-refractivity contribution >= 4 is 6.09 Å². The number of hydrogen-bond acceptors (Lipinski definition) is 4. The van der Waals surface area contributed by atoms with E-state index in [0.29, 0.717) is 17.0 Å². The molecular formula is C19H23FN2O3. The second-order valence-electron chi connectivity index (χ2n) is 6.70. The first kappa shape index (κ1) is 18.7. The van der Waals surface area contributed by atoms with E-state index in [1.165, 1.54) is 13.2 Å². The van der Waals surface area contributed by atoms with Crippen LogP contribution >= 0.6 is 0 Å². The summed E-state index contributed by atoms with van der Waals surface area (Å²) in [7, 11) is 1.54. The summed E-state index contributed by atoms with van der Waals surface area (Å²) in [5.74, 6) is 0.0769. The van der Waals surface area contributed by atoms with Gasteiger partial charge in [-0.25, -0.2) is 14.2 Å². The highest BCUT2D eigenvalue weighted by atomic mass is 19.1. The Kier molecular flexibility index (Phi) is 5.62. The predicted molar refractivity (Wildman–Crippen MR) is 94.0 cm³/mol. The molecule has 0 spiro atoms. The number of ether oxygens (including phenoxy) is 2. The van der Waals surface area contributed by atoms with Crippen molar-refractivity contribution in [3.63, 3.8) is 0 Å². The monoisotopic (exact) mass is 346 g/mol. The van der Waals surface area contributed by atoms with E-state index in [1.807, 2.05) is 13.0 Å². The van der Waals surface area contributed by atoms with Crippen LogP contribution in [0.2, 0.25) is 0 Å². The minimum Gasteiger partial charge on any atom is -0.481 e. The van der Waals surface area contributed by atoms with Gasteiger partial charge in [0.15, 0.2) is 0 Å². The van der Waals surface area contributed by atoms with Crippen molar-refractivity contribution in [2.45, 2.75) is 39.8 Å². The first-order valence-electron chi connectivity index (χ1n) is 7.96. The van der Waals surface area contributed by atoms with Gasteiger partial charge >= 0.3 is 6.09 Å². The fourth-order valence-electron chi connectivity index (χ4n) is 2.26. The van der Waals surface area contributed by atoms with E-state index in [4.69, 9.17) is 9.47 Å². The van der Waals surface area contributed by atoms with Crippen molar-refractivity contribution in [2.24, 2.45) is 0 Å². The lowest BCUT2D eigenvalue weighted by atomic mass is 10.0. The molecule has 0 unspecified atom stereocenters. The molecule has 5 nitrogen and oxygen atoms in total. The molecule has 6 heteroatoms. The number of carbonyl (C=O) groups is 1. The summed E-state index contributed by atoms with van der Waals surface area (Å²) < 4.78 is 24.7. The highest BCUT2D eigenvalue weighted by Crippen LogP contribution is 2.25. The van der Waals surface area contributed by atoms with Crippen LogP contribution in [0.1, 0.15) is 32.0 Å². The van der Waals surface area contributed by atoms with E-state index in [1.54, 1.807) is 39.0 Å². The van der Waals surface area contributed by atoms with Gasteiger partial charge in [-0.3, -0.25) is 0 Å². The van der Waals surface area contributed by atoms with Gasteiger partial charge in [-0.15, -0.1) is 0 Å². The number of nitrogens with one attached hydrogen (secondary N) is 1. The second-order valence-corrected chi connectivity index (χ2v) is 6.70. The molecule has 0 fully saturated rings. The third-order valence-corrected chi connectivity index (χ3v) is 3.35. The van der Waals surface area contributed by atoms with Crippen molar-refractivity contribution in [3.8, 4) is 17.0 Å². The molecule has 25 heavy (non-hydrogen) atoms. The van der Waals surface area contributed by atoms with Crippen molar-refractivity contribution in [1.29, 1.82) is 0 Å². The Labute approximate surface area is 147 Å².